The van der Waals surface area contributed by atoms with Crippen molar-refractivity contribution in [2.45, 2.75) is 26.4 Å². The van der Waals surface area contributed by atoms with Gasteiger partial charge in [0.1, 0.15) is 12.7 Å². The summed E-state index contributed by atoms with van der Waals surface area (Å²) in [4.78, 5) is 6.12. The van der Waals surface area contributed by atoms with Crippen LogP contribution in [-0.2, 0) is 6.67 Å². The van der Waals surface area contributed by atoms with E-state index in [0.29, 0.717) is 0 Å². The van der Waals surface area contributed by atoms with E-state index in [0.717, 1.165) is 13.2 Å². The summed E-state index contributed by atoms with van der Waals surface area (Å²) in [5, 5.41) is 4.03. The Morgan fingerprint density at radius 3 is 2.92 bits per heavy atom. The summed E-state index contributed by atoms with van der Waals surface area (Å²) >= 11 is 0. The lowest BCUT2D eigenvalue weighted by atomic mass is 10.3. The SMILES string of the molecule is CCCCN(C)Cn1cncn1. The molecule has 0 spiro atoms. The van der Waals surface area contributed by atoms with Crippen molar-refractivity contribution in [3.8, 4) is 0 Å². The van der Waals surface area contributed by atoms with Crippen LogP contribution in [0.1, 0.15) is 19.8 Å². The predicted octanol–water partition coefficient (Wildman–Crippen LogP) is 0.968. The fourth-order valence-corrected chi connectivity index (χ4v) is 1.05. The second-order valence-electron chi connectivity index (χ2n) is 3.01. The average molecular weight is 168 g/mol. The van der Waals surface area contributed by atoms with E-state index in [-0.39, 0.29) is 0 Å². The number of nitrogens with zero attached hydrogens (tertiary/aromatic N) is 4. The molecule has 0 aliphatic heterocycles. The molecule has 0 radical (unpaired) electrons. The normalized spacial score (nSPS) is 10.9. The van der Waals surface area contributed by atoms with Crippen LogP contribution in [0.4, 0.5) is 0 Å². The molecule has 1 heterocycles. The van der Waals surface area contributed by atoms with Crippen LogP contribution in [0.3, 0.4) is 0 Å². The van der Waals surface area contributed by atoms with Gasteiger partial charge in [-0.1, -0.05) is 13.3 Å². The third-order valence-electron chi connectivity index (χ3n) is 1.75. The summed E-state index contributed by atoms with van der Waals surface area (Å²) in [7, 11) is 2.09. The van der Waals surface area contributed by atoms with Gasteiger partial charge in [-0.15, -0.1) is 0 Å². The smallest absolute Gasteiger partial charge is 0.137 e. The maximum atomic E-state index is 4.03. The summed E-state index contributed by atoms with van der Waals surface area (Å²) in [6, 6.07) is 0. The van der Waals surface area contributed by atoms with Crippen molar-refractivity contribution in [2.75, 3.05) is 13.6 Å². The molecule has 0 bridgehead atoms. The molecule has 0 amide bonds. The Balaban J connectivity index is 2.22. The minimum absolute atomic E-state index is 0.833. The van der Waals surface area contributed by atoms with E-state index in [9.17, 15) is 0 Å². The van der Waals surface area contributed by atoms with Gasteiger partial charge >= 0.3 is 0 Å². The summed E-state index contributed by atoms with van der Waals surface area (Å²) < 4.78 is 1.83. The van der Waals surface area contributed by atoms with Crippen LogP contribution < -0.4 is 0 Å². The molecule has 4 heteroatoms. The Kier molecular flexibility index (Phi) is 3.73. The Morgan fingerprint density at radius 1 is 1.50 bits per heavy atom. The molecule has 0 atom stereocenters. The van der Waals surface area contributed by atoms with Gasteiger partial charge in [0, 0.05) is 0 Å². The predicted molar refractivity (Wildman–Crippen MR) is 47.6 cm³/mol. The van der Waals surface area contributed by atoms with E-state index in [2.05, 4.69) is 29.0 Å². The summed E-state index contributed by atoms with van der Waals surface area (Å²) in [5.41, 5.74) is 0. The molecule has 4 nitrogen and oxygen atoms in total. The lowest BCUT2D eigenvalue weighted by Gasteiger charge is -2.14. The zero-order valence-corrected chi connectivity index (χ0v) is 7.77. The fraction of sp³-hybridized carbons (Fsp3) is 0.750. The van der Waals surface area contributed by atoms with Gasteiger partial charge in [0.05, 0.1) is 6.67 Å². The van der Waals surface area contributed by atoms with Crippen molar-refractivity contribution in [1.29, 1.82) is 0 Å². The van der Waals surface area contributed by atoms with Crippen LogP contribution >= 0.6 is 0 Å². The summed E-state index contributed by atoms with van der Waals surface area (Å²) in [5.74, 6) is 0. The largest absolute Gasteiger partial charge is 0.287 e. The highest BCUT2D eigenvalue weighted by molar-refractivity contribution is 4.56. The van der Waals surface area contributed by atoms with Gasteiger partial charge < -0.3 is 0 Å². The molecule has 1 aromatic rings. The maximum absolute atomic E-state index is 4.03. The molecule has 1 rings (SSSR count). The standard InChI is InChI=1S/C8H16N4/c1-3-4-5-11(2)8-12-7-9-6-10-12/h6-7H,3-5,8H2,1-2H3. The van der Waals surface area contributed by atoms with E-state index < -0.39 is 0 Å². The van der Waals surface area contributed by atoms with Crippen molar-refractivity contribution in [3.63, 3.8) is 0 Å². The highest BCUT2D eigenvalue weighted by Gasteiger charge is 1.97. The molecule has 0 N–H and O–H groups in total. The summed E-state index contributed by atoms with van der Waals surface area (Å²) in [6.07, 6.45) is 5.78. The monoisotopic (exact) mass is 168 g/mol. The number of hydrogen-bond acceptors (Lipinski definition) is 3. The number of hydrogen-bond donors (Lipinski definition) is 0. The first kappa shape index (κ1) is 9.19. The number of rotatable bonds is 5. The Hall–Kier alpha value is -0.900. The van der Waals surface area contributed by atoms with Gasteiger partial charge in [-0.05, 0) is 20.0 Å². The Morgan fingerprint density at radius 2 is 2.33 bits per heavy atom. The minimum Gasteiger partial charge on any atom is -0.287 e. The van der Waals surface area contributed by atoms with Crippen LogP contribution in [0.5, 0.6) is 0 Å². The first-order chi connectivity index (χ1) is 5.83. The molecule has 0 aliphatic rings. The minimum atomic E-state index is 0.833. The van der Waals surface area contributed by atoms with Crippen molar-refractivity contribution in [2.24, 2.45) is 0 Å². The lowest BCUT2D eigenvalue weighted by Crippen LogP contribution is -2.23. The summed E-state index contributed by atoms with van der Waals surface area (Å²) in [6.45, 7) is 4.15. The molecule has 0 aromatic carbocycles. The highest BCUT2D eigenvalue weighted by Crippen LogP contribution is 1.93. The van der Waals surface area contributed by atoms with E-state index in [4.69, 9.17) is 0 Å². The average Bonchev–Trinajstić information content (AvgIpc) is 2.53. The van der Waals surface area contributed by atoms with Gasteiger partial charge in [0.2, 0.25) is 0 Å². The zero-order valence-electron chi connectivity index (χ0n) is 7.77. The van der Waals surface area contributed by atoms with Gasteiger partial charge in [0.15, 0.2) is 0 Å². The van der Waals surface area contributed by atoms with Gasteiger partial charge in [-0.25, -0.2) is 9.67 Å². The number of unbranched alkanes of at least 4 members (excludes halogenated alkanes) is 1. The quantitative estimate of drug-likeness (QED) is 0.657. The Labute approximate surface area is 73.2 Å². The molecule has 12 heavy (non-hydrogen) atoms. The lowest BCUT2D eigenvalue weighted by molar-refractivity contribution is 0.250. The van der Waals surface area contributed by atoms with E-state index in [1.54, 1.807) is 12.7 Å². The number of aromatic nitrogens is 3. The van der Waals surface area contributed by atoms with E-state index in [1.807, 2.05) is 4.68 Å². The molecule has 0 unspecified atom stereocenters. The van der Waals surface area contributed by atoms with E-state index >= 15 is 0 Å². The fourth-order valence-electron chi connectivity index (χ4n) is 1.05. The van der Waals surface area contributed by atoms with Gasteiger partial charge in [0.25, 0.3) is 0 Å². The maximum Gasteiger partial charge on any atom is 0.137 e. The van der Waals surface area contributed by atoms with E-state index in [1.165, 1.54) is 12.8 Å². The van der Waals surface area contributed by atoms with Crippen LogP contribution in [-0.4, -0.2) is 33.3 Å². The molecule has 0 saturated heterocycles. The van der Waals surface area contributed by atoms with Crippen LogP contribution in [0.15, 0.2) is 12.7 Å². The van der Waals surface area contributed by atoms with Crippen molar-refractivity contribution in [1.82, 2.24) is 19.7 Å². The zero-order chi connectivity index (χ0) is 8.81. The third kappa shape index (κ3) is 3.00. The van der Waals surface area contributed by atoms with Crippen LogP contribution in [0, 0.1) is 0 Å². The van der Waals surface area contributed by atoms with Crippen LogP contribution in [0.2, 0.25) is 0 Å². The molecule has 0 fully saturated rings. The molecular weight excluding hydrogens is 152 g/mol. The third-order valence-corrected chi connectivity index (χ3v) is 1.75. The molecule has 68 valence electrons. The first-order valence-electron chi connectivity index (χ1n) is 4.34. The van der Waals surface area contributed by atoms with Crippen molar-refractivity contribution >= 4 is 0 Å². The van der Waals surface area contributed by atoms with Crippen molar-refractivity contribution < 1.29 is 0 Å². The Bertz CT molecular complexity index is 195. The molecule has 0 aliphatic carbocycles. The highest BCUT2D eigenvalue weighted by atomic mass is 15.4. The van der Waals surface area contributed by atoms with Crippen LogP contribution in [0.25, 0.3) is 0 Å². The topological polar surface area (TPSA) is 34.0 Å². The first-order valence-corrected chi connectivity index (χ1v) is 4.34. The van der Waals surface area contributed by atoms with Crippen molar-refractivity contribution in [3.05, 3.63) is 12.7 Å². The second kappa shape index (κ2) is 4.87. The molecule has 0 saturated carbocycles. The molecular formula is C8H16N4. The molecule has 1 aromatic heterocycles. The second-order valence-corrected chi connectivity index (χ2v) is 3.01. The van der Waals surface area contributed by atoms with Gasteiger partial charge in [-0.2, -0.15) is 5.10 Å². The van der Waals surface area contributed by atoms with Gasteiger partial charge in [-0.3, -0.25) is 4.90 Å².